The Morgan fingerprint density at radius 2 is 1.65 bits per heavy atom. The number of nitrogens with zero attached hydrogens (tertiary/aromatic N) is 2. The third-order valence-corrected chi connectivity index (χ3v) is 7.85. The first kappa shape index (κ1) is 25.2. The highest BCUT2D eigenvalue weighted by atomic mass is 35.5. The Kier molecular flexibility index (Phi) is 7.16. The van der Waals surface area contributed by atoms with Crippen molar-refractivity contribution in [2.45, 2.75) is 0 Å². The number of nitrogens with one attached hydrogen (secondary N) is 1. The van der Waals surface area contributed by atoms with E-state index in [0.717, 1.165) is 15.4 Å². The van der Waals surface area contributed by atoms with Gasteiger partial charge in [0, 0.05) is 33.8 Å². The molecule has 3 heterocycles. The molecule has 0 saturated carbocycles. The van der Waals surface area contributed by atoms with Gasteiger partial charge in [-0.2, -0.15) is 0 Å². The predicted molar refractivity (Wildman–Crippen MR) is 150 cm³/mol. The lowest BCUT2D eigenvalue weighted by molar-refractivity contribution is 0.324. The second kappa shape index (κ2) is 10.5. The highest BCUT2D eigenvalue weighted by Crippen LogP contribution is 2.43. The molecule has 8 nitrogen and oxygen atoms in total. The number of nitrogen functional groups attached to an aromatic ring is 1. The number of methoxy groups -OCH3 is 3. The Bertz CT molecular complexity index is 1560. The Hall–Kier alpha value is -3.44. The zero-order valence-electron chi connectivity index (χ0n) is 19.8. The van der Waals surface area contributed by atoms with Gasteiger partial charge >= 0.3 is 0 Å². The molecule has 0 fully saturated rings. The molecule has 37 heavy (non-hydrogen) atoms. The number of thiazole rings is 2. The van der Waals surface area contributed by atoms with Crippen LogP contribution in [0, 0.1) is 0 Å². The molecule has 0 unspecified atom stereocenters. The average Bonchev–Trinajstić information content (AvgIpc) is 3.63. The maximum absolute atomic E-state index is 6.33. The molecule has 0 aliphatic rings. The van der Waals surface area contributed by atoms with E-state index in [-0.39, 0.29) is 0 Å². The molecule has 0 spiro atoms. The van der Waals surface area contributed by atoms with Crippen LogP contribution >= 0.6 is 45.9 Å². The molecule has 0 amide bonds. The molecule has 0 aliphatic heterocycles. The Morgan fingerprint density at radius 3 is 2.32 bits per heavy atom. The maximum atomic E-state index is 6.33. The van der Waals surface area contributed by atoms with Crippen LogP contribution in [0.5, 0.6) is 17.2 Å². The van der Waals surface area contributed by atoms with Crippen LogP contribution < -0.4 is 25.3 Å². The third-order valence-electron chi connectivity index (χ3n) is 5.32. The van der Waals surface area contributed by atoms with Crippen LogP contribution in [0.3, 0.4) is 0 Å². The molecule has 0 bridgehead atoms. The van der Waals surface area contributed by atoms with Gasteiger partial charge in [-0.25, -0.2) is 9.97 Å². The van der Waals surface area contributed by atoms with Gasteiger partial charge in [-0.05, 0) is 30.3 Å². The number of ether oxygens (including phenoxy) is 3. The summed E-state index contributed by atoms with van der Waals surface area (Å²) in [6.07, 6.45) is 0. The van der Waals surface area contributed by atoms with E-state index in [2.05, 4.69) is 10.3 Å². The third kappa shape index (κ3) is 5.05. The molecule has 0 saturated heterocycles. The molecule has 0 atom stereocenters. The van der Waals surface area contributed by atoms with E-state index in [1.54, 1.807) is 45.6 Å². The molecule has 5 aromatic rings. The zero-order chi connectivity index (χ0) is 26.1. The van der Waals surface area contributed by atoms with Gasteiger partial charge in [0.15, 0.2) is 22.4 Å². The number of aromatic nitrogens is 2. The molecular weight excluding hydrogens is 555 g/mol. The second-order valence-corrected chi connectivity index (χ2v) is 10.3. The Balaban J connectivity index is 1.39. The van der Waals surface area contributed by atoms with Crippen LogP contribution in [0.4, 0.5) is 16.6 Å². The van der Waals surface area contributed by atoms with E-state index >= 15 is 0 Å². The topological polar surface area (TPSA) is 105 Å². The first-order chi connectivity index (χ1) is 17.9. The van der Waals surface area contributed by atoms with Crippen molar-refractivity contribution in [3.05, 3.63) is 57.9 Å². The molecule has 0 aliphatic carbocycles. The van der Waals surface area contributed by atoms with Crippen molar-refractivity contribution in [2.24, 2.45) is 0 Å². The van der Waals surface area contributed by atoms with E-state index in [1.165, 1.54) is 22.7 Å². The van der Waals surface area contributed by atoms with E-state index < -0.39 is 0 Å². The number of benzene rings is 2. The van der Waals surface area contributed by atoms with Crippen LogP contribution in [-0.2, 0) is 0 Å². The molecule has 12 heteroatoms. The monoisotopic (exact) mass is 574 g/mol. The first-order valence-electron chi connectivity index (χ1n) is 10.7. The van der Waals surface area contributed by atoms with Gasteiger partial charge in [0.25, 0.3) is 0 Å². The van der Waals surface area contributed by atoms with E-state index in [0.29, 0.717) is 61.1 Å². The van der Waals surface area contributed by atoms with Crippen molar-refractivity contribution in [1.29, 1.82) is 0 Å². The smallest absolute Gasteiger partial charge is 0.203 e. The molecule has 190 valence electrons. The lowest BCUT2D eigenvalue weighted by atomic mass is 10.2. The number of nitrogens with two attached hydrogens (primary N) is 1. The van der Waals surface area contributed by atoms with Gasteiger partial charge in [-0.15, -0.1) is 11.3 Å². The SMILES string of the molecule is COc1cc(Nc2nc(N)c(-c3nc(-c4ccc(-c5ccc(Cl)cc5Cl)o4)cs3)s2)cc(OC)c1OC. The number of rotatable bonds is 8. The molecule has 0 radical (unpaired) electrons. The van der Waals surface area contributed by atoms with Crippen molar-refractivity contribution in [2.75, 3.05) is 32.4 Å². The quantitative estimate of drug-likeness (QED) is 0.193. The molecule has 3 aromatic heterocycles. The van der Waals surface area contributed by atoms with Gasteiger partial charge in [0.1, 0.15) is 27.2 Å². The van der Waals surface area contributed by atoms with E-state index in [1.807, 2.05) is 23.6 Å². The van der Waals surface area contributed by atoms with Crippen molar-refractivity contribution in [1.82, 2.24) is 9.97 Å². The van der Waals surface area contributed by atoms with E-state index in [4.69, 9.17) is 52.5 Å². The van der Waals surface area contributed by atoms with Gasteiger partial charge in [-0.1, -0.05) is 34.5 Å². The average molecular weight is 575 g/mol. The predicted octanol–water partition coefficient (Wildman–Crippen LogP) is 7.85. The molecular formula is C25H20Cl2N4O4S2. The Morgan fingerprint density at radius 1 is 0.919 bits per heavy atom. The van der Waals surface area contributed by atoms with Crippen molar-refractivity contribution in [3.8, 4) is 49.9 Å². The maximum Gasteiger partial charge on any atom is 0.203 e. The number of halogens is 2. The standard InChI is InChI=1S/C25H20Cl2N4O4S2/c1-32-19-9-13(10-20(33-2)21(19)34-3)29-25-31-23(28)22(37-25)24-30-16(11-36-24)18-7-6-17(35-18)14-5-4-12(26)8-15(14)27/h4-11H,28H2,1-3H3,(H,29,31). The van der Waals surface area contributed by atoms with Gasteiger partial charge in [0.2, 0.25) is 5.75 Å². The number of anilines is 3. The summed E-state index contributed by atoms with van der Waals surface area (Å²) < 4.78 is 22.3. The second-order valence-electron chi connectivity index (χ2n) is 7.60. The molecule has 2 aromatic carbocycles. The van der Waals surface area contributed by atoms with Crippen LogP contribution in [0.25, 0.3) is 32.7 Å². The summed E-state index contributed by atoms with van der Waals surface area (Å²) in [5.74, 6) is 3.16. The fraction of sp³-hybridized carbons (Fsp3) is 0.120. The van der Waals surface area contributed by atoms with Crippen molar-refractivity contribution >= 4 is 62.5 Å². The van der Waals surface area contributed by atoms with Gasteiger partial charge in [-0.3, -0.25) is 0 Å². The Labute approximate surface area is 230 Å². The summed E-state index contributed by atoms with van der Waals surface area (Å²) in [7, 11) is 4.68. The summed E-state index contributed by atoms with van der Waals surface area (Å²) in [5, 5.41) is 7.56. The minimum absolute atomic E-state index is 0.369. The highest BCUT2D eigenvalue weighted by molar-refractivity contribution is 7.23. The summed E-state index contributed by atoms with van der Waals surface area (Å²) in [6, 6.07) is 12.6. The van der Waals surface area contributed by atoms with Crippen molar-refractivity contribution < 1.29 is 18.6 Å². The lowest BCUT2D eigenvalue weighted by Crippen LogP contribution is -1.97. The summed E-state index contributed by atoms with van der Waals surface area (Å²) in [4.78, 5) is 9.95. The van der Waals surface area contributed by atoms with Gasteiger partial charge in [0.05, 0.1) is 26.4 Å². The van der Waals surface area contributed by atoms with Crippen LogP contribution in [-0.4, -0.2) is 31.3 Å². The van der Waals surface area contributed by atoms with Crippen LogP contribution in [0.2, 0.25) is 10.0 Å². The summed E-state index contributed by atoms with van der Waals surface area (Å²) in [6.45, 7) is 0. The number of hydrogen-bond acceptors (Lipinski definition) is 10. The minimum atomic E-state index is 0.369. The lowest BCUT2D eigenvalue weighted by Gasteiger charge is -2.14. The normalized spacial score (nSPS) is 10.9. The van der Waals surface area contributed by atoms with Crippen molar-refractivity contribution in [3.63, 3.8) is 0 Å². The summed E-state index contributed by atoms with van der Waals surface area (Å²) in [5.41, 5.74) is 8.39. The largest absolute Gasteiger partial charge is 0.493 e. The van der Waals surface area contributed by atoms with Gasteiger partial charge < -0.3 is 29.7 Å². The molecule has 3 N–H and O–H groups in total. The van der Waals surface area contributed by atoms with Crippen LogP contribution in [0.15, 0.2) is 52.3 Å². The zero-order valence-corrected chi connectivity index (χ0v) is 22.9. The highest BCUT2D eigenvalue weighted by Gasteiger charge is 2.19. The van der Waals surface area contributed by atoms with Crippen LogP contribution in [0.1, 0.15) is 0 Å². The number of hydrogen-bond donors (Lipinski definition) is 2. The minimum Gasteiger partial charge on any atom is -0.493 e. The summed E-state index contributed by atoms with van der Waals surface area (Å²) >= 11 is 15.2. The fourth-order valence-corrected chi connectivity index (χ4v) is 5.93. The van der Waals surface area contributed by atoms with E-state index in [9.17, 15) is 0 Å². The number of furan rings is 1. The fourth-order valence-electron chi connectivity index (χ4n) is 3.62. The first-order valence-corrected chi connectivity index (χ1v) is 13.2. The molecule has 5 rings (SSSR count).